The van der Waals surface area contributed by atoms with Crippen LogP contribution in [-0.2, 0) is 0 Å². The predicted octanol–water partition coefficient (Wildman–Crippen LogP) is 1.50. The number of nitrogens with zero attached hydrogens (tertiary/aromatic N) is 4. The van der Waals surface area contributed by atoms with E-state index in [4.69, 9.17) is 5.73 Å². The maximum Gasteiger partial charge on any atom is 0.277 e. The quantitative estimate of drug-likeness (QED) is 0.708. The van der Waals surface area contributed by atoms with Crippen molar-refractivity contribution in [2.45, 2.75) is 0 Å². The van der Waals surface area contributed by atoms with Crippen molar-refractivity contribution in [3.8, 4) is 5.69 Å². The van der Waals surface area contributed by atoms with Gasteiger partial charge < -0.3 is 11.1 Å². The third-order valence-electron chi connectivity index (χ3n) is 2.82. The van der Waals surface area contributed by atoms with E-state index in [1.807, 2.05) is 18.2 Å². The minimum atomic E-state index is -0.358. The van der Waals surface area contributed by atoms with E-state index in [9.17, 15) is 4.79 Å². The normalized spacial score (nSPS) is 10.3. The van der Waals surface area contributed by atoms with E-state index in [2.05, 4.69) is 20.6 Å². The van der Waals surface area contributed by atoms with Crippen molar-refractivity contribution in [2.24, 2.45) is 0 Å². The molecule has 1 amide bonds. The number of rotatable bonds is 3. The molecule has 3 rings (SSSR count). The van der Waals surface area contributed by atoms with Crippen LogP contribution >= 0.6 is 0 Å². The second-order valence-electron chi connectivity index (χ2n) is 4.27. The number of benzene rings is 1. The fourth-order valence-corrected chi connectivity index (χ4v) is 1.82. The highest BCUT2D eigenvalue weighted by Crippen LogP contribution is 2.15. The fraction of sp³-hybridized carbons (Fsp3) is 0. The lowest BCUT2D eigenvalue weighted by molar-refractivity contribution is 0.102. The topological polar surface area (TPSA) is 98.7 Å². The van der Waals surface area contributed by atoms with Crippen LogP contribution in [0.2, 0.25) is 0 Å². The van der Waals surface area contributed by atoms with Gasteiger partial charge in [-0.25, -0.2) is 4.68 Å². The molecule has 1 aromatic carbocycles. The number of nitrogen functional groups attached to an aromatic ring is 1. The van der Waals surface area contributed by atoms with Crippen molar-refractivity contribution in [2.75, 3.05) is 11.1 Å². The Morgan fingerprint density at radius 2 is 2.00 bits per heavy atom. The van der Waals surface area contributed by atoms with Crippen LogP contribution in [0.3, 0.4) is 0 Å². The zero-order chi connectivity index (χ0) is 14.7. The molecule has 0 saturated heterocycles. The van der Waals surface area contributed by atoms with Gasteiger partial charge in [-0.15, -0.1) is 5.10 Å². The van der Waals surface area contributed by atoms with E-state index in [0.717, 1.165) is 5.69 Å². The summed E-state index contributed by atoms with van der Waals surface area (Å²) in [5, 5.41) is 14.3. The van der Waals surface area contributed by atoms with E-state index in [1.54, 1.807) is 35.1 Å². The van der Waals surface area contributed by atoms with Crippen molar-refractivity contribution in [3.05, 3.63) is 60.6 Å². The summed E-state index contributed by atoms with van der Waals surface area (Å²) in [5.41, 5.74) is 7.45. The summed E-state index contributed by atoms with van der Waals surface area (Å²) in [4.78, 5) is 12.1. The van der Waals surface area contributed by atoms with E-state index >= 15 is 0 Å². The molecule has 2 heterocycles. The minimum absolute atomic E-state index is 0.268. The first kappa shape index (κ1) is 12.8. The number of hydrogen-bond donors (Lipinski definition) is 2. The molecule has 3 N–H and O–H groups in total. The van der Waals surface area contributed by atoms with Crippen molar-refractivity contribution in [1.29, 1.82) is 0 Å². The second kappa shape index (κ2) is 5.41. The number of carbonyl (C=O) groups excluding carboxylic acids is 1. The molecule has 3 aromatic rings. The van der Waals surface area contributed by atoms with Crippen LogP contribution in [0.5, 0.6) is 0 Å². The molecule has 0 aliphatic carbocycles. The van der Waals surface area contributed by atoms with E-state index in [0.29, 0.717) is 11.5 Å². The summed E-state index contributed by atoms with van der Waals surface area (Å²) in [5.74, 6) is 0.0139. The van der Waals surface area contributed by atoms with Crippen LogP contribution in [-0.4, -0.2) is 25.9 Å². The predicted molar refractivity (Wildman–Crippen MR) is 78.0 cm³/mol. The summed E-state index contributed by atoms with van der Waals surface area (Å²) < 4.78 is 1.56. The maximum atomic E-state index is 12.1. The molecule has 7 nitrogen and oxygen atoms in total. The van der Waals surface area contributed by atoms with Gasteiger partial charge in [0, 0.05) is 12.4 Å². The number of nitrogens with two attached hydrogens (primary N) is 1. The first-order valence-corrected chi connectivity index (χ1v) is 6.23. The smallest absolute Gasteiger partial charge is 0.277 e. The number of anilines is 2. The van der Waals surface area contributed by atoms with Gasteiger partial charge in [-0.2, -0.15) is 10.2 Å². The summed E-state index contributed by atoms with van der Waals surface area (Å²) in [6.45, 7) is 0. The van der Waals surface area contributed by atoms with Crippen molar-refractivity contribution in [1.82, 2.24) is 20.0 Å². The molecule has 0 saturated carbocycles. The Morgan fingerprint density at radius 1 is 1.14 bits per heavy atom. The lowest BCUT2D eigenvalue weighted by Gasteiger charge is -2.04. The zero-order valence-corrected chi connectivity index (χ0v) is 11.0. The standard InChI is InChI=1S/C14H12N6O/c15-10-4-1-2-5-12(10)20-9-7-11(19-20)14(21)17-13-6-3-8-16-18-13/h1-9H,15H2,(H,17,18,21). The van der Waals surface area contributed by atoms with Gasteiger partial charge in [-0.3, -0.25) is 4.79 Å². The van der Waals surface area contributed by atoms with Gasteiger partial charge in [0.2, 0.25) is 0 Å². The number of carbonyl (C=O) groups is 1. The van der Waals surface area contributed by atoms with E-state index in [-0.39, 0.29) is 11.6 Å². The first-order chi connectivity index (χ1) is 10.2. The van der Waals surface area contributed by atoms with Crippen molar-refractivity contribution >= 4 is 17.4 Å². The average molecular weight is 280 g/mol. The maximum absolute atomic E-state index is 12.1. The van der Waals surface area contributed by atoms with Crippen LogP contribution in [0.1, 0.15) is 10.5 Å². The summed E-state index contributed by atoms with van der Waals surface area (Å²) >= 11 is 0. The lowest BCUT2D eigenvalue weighted by Crippen LogP contribution is -2.14. The van der Waals surface area contributed by atoms with Crippen molar-refractivity contribution < 1.29 is 4.79 Å². The van der Waals surface area contributed by atoms with Gasteiger partial charge in [0.25, 0.3) is 5.91 Å². The van der Waals surface area contributed by atoms with E-state index in [1.165, 1.54) is 6.20 Å². The molecule has 0 radical (unpaired) electrons. The molecule has 2 aromatic heterocycles. The molecule has 0 atom stereocenters. The second-order valence-corrected chi connectivity index (χ2v) is 4.27. The average Bonchev–Trinajstić information content (AvgIpc) is 2.98. The molecule has 21 heavy (non-hydrogen) atoms. The van der Waals surface area contributed by atoms with Crippen LogP contribution < -0.4 is 11.1 Å². The summed E-state index contributed by atoms with van der Waals surface area (Å²) in [6.07, 6.45) is 3.21. The van der Waals surface area contributed by atoms with Gasteiger partial charge in [0.15, 0.2) is 11.5 Å². The third-order valence-corrected chi connectivity index (χ3v) is 2.82. The van der Waals surface area contributed by atoms with Crippen LogP contribution in [0.15, 0.2) is 54.9 Å². The molecule has 0 aliphatic heterocycles. The summed E-state index contributed by atoms with van der Waals surface area (Å²) in [7, 11) is 0. The molecule has 0 fully saturated rings. The Hall–Kier alpha value is -3.22. The fourth-order valence-electron chi connectivity index (χ4n) is 1.82. The van der Waals surface area contributed by atoms with Gasteiger partial charge in [-0.1, -0.05) is 12.1 Å². The van der Waals surface area contributed by atoms with Gasteiger partial charge >= 0.3 is 0 Å². The molecule has 7 heteroatoms. The van der Waals surface area contributed by atoms with Crippen molar-refractivity contribution in [3.63, 3.8) is 0 Å². The van der Waals surface area contributed by atoms with E-state index < -0.39 is 0 Å². The molecule has 104 valence electrons. The molecule has 0 spiro atoms. The lowest BCUT2D eigenvalue weighted by atomic mass is 10.3. The third kappa shape index (κ3) is 2.71. The Balaban J connectivity index is 1.82. The summed E-state index contributed by atoms with van der Waals surface area (Å²) in [6, 6.07) is 12.2. The van der Waals surface area contributed by atoms with Gasteiger partial charge in [0.1, 0.15) is 0 Å². The number of nitrogens with one attached hydrogen (secondary N) is 1. The Kier molecular flexibility index (Phi) is 3.30. The molecular weight excluding hydrogens is 268 g/mol. The molecule has 0 aliphatic rings. The monoisotopic (exact) mass is 280 g/mol. The van der Waals surface area contributed by atoms with Gasteiger partial charge in [0.05, 0.1) is 11.4 Å². The first-order valence-electron chi connectivity index (χ1n) is 6.23. The SMILES string of the molecule is Nc1ccccc1-n1ccc(C(=O)Nc2cccnn2)n1. The Labute approximate surface area is 120 Å². The molecule has 0 bridgehead atoms. The van der Waals surface area contributed by atoms with Crippen LogP contribution in [0.4, 0.5) is 11.5 Å². The minimum Gasteiger partial charge on any atom is -0.397 e. The highest BCUT2D eigenvalue weighted by molar-refractivity contribution is 6.02. The van der Waals surface area contributed by atoms with Crippen LogP contribution in [0.25, 0.3) is 5.69 Å². The van der Waals surface area contributed by atoms with Gasteiger partial charge in [-0.05, 0) is 30.3 Å². The number of hydrogen-bond acceptors (Lipinski definition) is 5. The zero-order valence-electron chi connectivity index (χ0n) is 11.0. The van der Waals surface area contributed by atoms with Crippen LogP contribution in [0, 0.1) is 0 Å². The number of amides is 1. The Bertz CT molecular complexity index is 768. The molecule has 0 unspecified atom stereocenters. The molecular formula is C14H12N6O. The Morgan fingerprint density at radius 3 is 2.76 bits per heavy atom. The highest BCUT2D eigenvalue weighted by atomic mass is 16.2. The largest absolute Gasteiger partial charge is 0.397 e. The number of para-hydroxylation sites is 2. The highest BCUT2D eigenvalue weighted by Gasteiger charge is 2.12. The number of aromatic nitrogens is 4.